The molecule has 0 fully saturated rings. The molecule has 17 heavy (non-hydrogen) atoms. The second-order valence-corrected chi connectivity index (χ2v) is 5.21. The molecule has 1 aromatic carbocycles. The van der Waals surface area contributed by atoms with E-state index in [4.69, 9.17) is 15.2 Å². The summed E-state index contributed by atoms with van der Waals surface area (Å²) in [6.07, 6.45) is 0. The summed E-state index contributed by atoms with van der Waals surface area (Å²) >= 11 is 0. The van der Waals surface area contributed by atoms with E-state index in [2.05, 4.69) is 4.72 Å². The van der Waals surface area contributed by atoms with Gasteiger partial charge in [-0.2, -0.15) is 0 Å². The molecule has 0 aromatic heterocycles. The molecule has 7 heteroatoms. The van der Waals surface area contributed by atoms with Crippen molar-refractivity contribution in [1.82, 2.24) is 0 Å². The molecule has 0 unspecified atom stereocenters. The monoisotopic (exact) mass is 260 g/mol. The van der Waals surface area contributed by atoms with Crippen LogP contribution < -0.4 is 15.2 Å². The van der Waals surface area contributed by atoms with Crippen molar-refractivity contribution in [3.8, 4) is 5.75 Å². The fourth-order valence-electron chi connectivity index (χ4n) is 1.22. The van der Waals surface area contributed by atoms with Crippen molar-refractivity contribution in [3.63, 3.8) is 0 Å². The molecule has 0 heterocycles. The van der Waals surface area contributed by atoms with Crippen LogP contribution in [0.5, 0.6) is 5.75 Å². The molecule has 0 saturated carbocycles. The first kappa shape index (κ1) is 13.6. The zero-order valence-corrected chi connectivity index (χ0v) is 10.6. The summed E-state index contributed by atoms with van der Waals surface area (Å²) in [4.78, 5) is 0. The Labute approximate surface area is 101 Å². The Bertz CT molecular complexity index is 473. The Balaban J connectivity index is 2.78. The van der Waals surface area contributed by atoms with Gasteiger partial charge in [0.1, 0.15) is 5.75 Å². The molecular weight excluding hydrogens is 244 g/mol. The Morgan fingerprint density at radius 2 is 2.06 bits per heavy atom. The number of ether oxygens (including phenoxy) is 2. The van der Waals surface area contributed by atoms with Crippen molar-refractivity contribution in [3.05, 3.63) is 18.2 Å². The van der Waals surface area contributed by atoms with Gasteiger partial charge in [0, 0.05) is 7.11 Å². The molecule has 0 radical (unpaired) electrons. The van der Waals surface area contributed by atoms with Crippen molar-refractivity contribution in [2.75, 3.05) is 37.0 Å². The number of nitrogens with one attached hydrogen (secondary N) is 1. The largest absolute Gasteiger partial charge is 0.495 e. The van der Waals surface area contributed by atoms with Crippen molar-refractivity contribution in [1.29, 1.82) is 0 Å². The van der Waals surface area contributed by atoms with Crippen LogP contribution in [0.25, 0.3) is 0 Å². The molecule has 3 N–H and O–H groups in total. The van der Waals surface area contributed by atoms with Gasteiger partial charge in [0.15, 0.2) is 0 Å². The molecule has 0 spiro atoms. The Hall–Kier alpha value is -1.47. The number of benzene rings is 1. The summed E-state index contributed by atoms with van der Waals surface area (Å²) in [5.74, 6) is 0.403. The normalized spacial score (nSPS) is 11.2. The lowest BCUT2D eigenvalue weighted by atomic mass is 10.2. The topological polar surface area (TPSA) is 90.7 Å². The van der Waals surface area contributed by atoms with Crippen LogP contribution in [-0.2, 0) is 14.8 Å². The molecule has 96 valence electrons. The fourth-order valence-corrected chi connectivity index (χ4v) is 2.20. The lowest BCUT2D eigenvalue weighted by Crippen LogP contribution is -2.19. The van der Waals surface area contributed by atoms with Gasteiger partial charge in [-0.1, -0.05) is 0 Å². The number of hydrogen-bond donors (Lipinski definition) is 2. The molecule has 0 aliphatic rings. The highest BCUT2D eigenvalue weighted by molar-refractivity contribution is 7.92. The van der Waals surface area contributed by atoms with Crippen LogP contribution in [0.3, 0.4) is 0 Å². The van der Waals surface area contributed by atoms with E-state index in [0.29, 0.717) is 17.1 Å². The third kappa shape index (κ3) is 4.12. The van der Waals surface area contributed by atoms with Crippen LogP contribution in [-0.4, -0.2) is 35.0 Å². The van der Waals surface area contributed by atoms with Crippen molar-refractivity contribution >= 4 is 21.4 Å². The third-order valence-electron chi connectivity index (χ3n) is 2.06. The highest BCUT2D eigenvalue weighted by Crippen LogP contribution is 2.25. The van der Waals surface area contributed by atoms with Crippen LogP contribution >= 0.6 is 0 Å². The number of hydrogen-bond acceptors (Lipinski definition) is 5. The van der Waals surface area contributed by atoms with Gasteiger partial charge in [-0.25, -0.2) is 8.42 Å². The second-order valence-electron chi connectivity index (χ2n) is 3.37. The van der Waals surface area contributed by atoms with Gasteiger partial charge in [0.05, 0.1) is 30.8 Å². The minimum Gasteiger partial charge on any atom is -0.495 e. The third-order valence-corrected chi connectivity index (χ3v) is 3.31. The number of nitrogens with two attached hydrogens (primary N) is 1. The smallest absolute Gasteiger partial charge is 0.235 e. The molecular formula is C10H16N2O4S. The molecule has 0 atom stereocenters. The Kier molecular flexibility index (Phi) is 4.59. The number of sulfonamides is 1. The standard InChI is InChI=1S/C10H16N2O4S/c1-15-5-6-17(13,14)12-8-3-4-10(16-2)9(11)7-8/h3-4,7,12H,5-6,11H2,1-2H3. The van der Waals surface area contributed by atoms with Crippen molar-refractivity contribution in [2.24, 2.45) is 0 Å². The molecule has 1 rings (SSSR count). The summed E-state index contributed by atoms with van der Waals surface area (Å²) in [6.45, 7) is 0.140. The molecule has 0 amide bonds. The number of methoxy groups -OCH3 is 2. The van der Waals surface area contributed by atoms with Crippen LogP contribution in [0.1, 0.15) is 0 Å². The molecule has 1 aromatic rings. The highest BCUT2D eigenvalue weighted by atomic mass is 32.2. The zero-order valence-electron chi connectivity index (χ0n) is 9.76. The highest BCUT2D eigenvalue weighted by Gasteiger charge is 2.10. The first-order chi connectivity index (χ1) is 7.98. The van der Waals surface area contributed by atoms with Crippen molar-refractivity contribution < 1.29 is 17.9 Å². The quantitative estimate of drug-likeness (QED) is 0.733. The van der Waals surface area contributed by atoms with Crippen LogP contribution in [0, 0.1) is 0 Å². The summed E-state index contributed by atoms with van der Waals surface area (Å²) in [7, 11) is -0.465. The second kappa shape index (κ2) is 5.74. The number of nitrogen functional groups attached to an aromatic ring is 1. The number of rotatable bonds is 6. The van der Waals surface area contributed by atoms with Gasteiger partial charge < -0.3 is 15.2 Å². The minimum absolute atomic E-state index is 0.102. The van der Waals surface area contributed by atoms with Gasteiger partial charge in [-0.15, -0.1) is 0 Å². The molecule has 0 aliphatic carbocycles. The predicted molar refractivity (Wildman–Crippen MR) is 66.7 cm³/mol. The van der Waals surface area contributed by atoms with Crippen LogP contribution in [0.2, 0.25) is 0 Å². The van der Waals surface area contributed by atoms with Crippen molar-refractivity contribution in [2.45, 2.75) is 0 Å². The van der Waals surface area contributed by atoms with Gasteiger partial charge in [0.2, 0.25) is 10.0 Å². The van der Waals surface area contributed by atoms with E-state index in [1.807, 2.05) is 0 Å². The minimum atomic E-state index is -3.40. The van der Waals surface area contributed by atoms with E-state index in [1.54, 1.807) is 12.1 Å². The van der Waals surface area contributed by atoms with Gasteiger partial charge in [-0.3, -0.25) is 4.72 Å². The van der Waals surface area contributed by atoms with E-state index in [0.717, 1.165) is 0 Å². The van der Waals surface area contributed by atoms with Gasteiger partial charge in [-0.05, 0) is 18.2 Å². The molecule has 0 aliphatic heterocycles. The average molecular weight is 260 g/mol. The van der Waals surface area contributed by atoms with Crippen LogP contribution in [0.4, 0.5) is 11.4 Å². The summed E-state index contributed by atoms with van der Waals surface area (Å²) < 4.78 is 35.2. The van der Waals surface area contributed by atoms with E-state index < -0.39 is 10.0 Å². The van der Waals surface area contributed by atoms with E-state index in [-0.39, 0.29) is 12.4 Å². The summed E-state index contributed by atoms with van der Waals surface area (Å²) in [5.41, 5.74) is 6.44. The SMILES string of the molecule is COCCS(=O)(=O)Nc1ccc(OC)c(N)c1. The first-order valence-corrected chi connectivity index (χ1v) is 6.56. The first-order valence-electron chi connectivity index (χ1n) is 4.91. The summed E-state index contributed by atoms with van der Waals surface area (Å²) in [5, 5.41) is 0. The molecule has 6 nitrogen and oxygen atoms in total. The van der Waals surface area contributed by atoms with Gasteiger partial charge >= 0.3 is 0 Å². The molecule has 0 saturated heterocycles. The Morgan fingerprint density at radius 3 is 2.59 bits per heavy atom. The average Bonchev–Trinajstić information content (AvgIpc) is 2.26. The Morgan fingerprint density at radius 1 is 1.35 bits per heavy atom. The molecule has 0 bridgehead atoms. The maximum absolute atomic E-state index is 11.6. The predicted octanol–water partition coefficient (Wildman–Crippen LogP) is 0.665. The van der Waals surface area contributed by atoms with E-state index in [1.165, 1.54) is 20.3 Å². The maximum atomic E-state index is 11.6. The number of anilines is 2. The van der Waals surface area contributed by atoms with E-state index >= 15 is 0 Å². The zero-order chi connectivity index (χ0) is 12.9. The lowest BCUT2D eigenvalue weighted by Gasteiger charge is -2.10. The fraction of sp³-hybridized carbons (Fsp3) is 0.400. The van der Waals surface area contributed by atoms with E-state index in [9.17, 15) is 8.42 Å². The lowest BCUT2D eigenvalue weighted by molar-refractivity contribution is 0.217. The maximum Gasteiger partial charge on any atom is 0.235 e. The van der Waals surface area contributed by atoms with Gasteiger partial charge in [0.25, 0.3) is 0 Å². The van der Waals surface area contributed by atoms with Crippen LogP contribution in [0.15, 0.2) is 18.2 Å². The summed E-state index contributed by atoms with van der Waals surface area (Å²) in [6, 6.07) is 4.69.